The first kappa shape index (κ1) is 20.6. The van der Waals surface area contributed by atoms with Crippen molar-refractivity contribution < 1.29 is 4.79 Å². The number of carbonyl (C=O) groups is 1. The molecule has 0 saturated heterocycles. The molecule has 3 aromatic heterocycles. The van der Waals surface area contributed by atoms with Crippen molar-refractivity contribution in [3.05, 3.63) is 99.8 Å². The summed E-state index contributed by atoms with van der Waals surface area (Å²) in [4.78, 5) is 33.2. The summed E-state index contributed by atoms with van der Waals surface area (Å²) in [5.74, 6) is 0.0793. The highest BCUT2D eigenvalue weighted by Crippen LogP contribution is 2.30. The molecule has 0 saturated carbocycles. The van der Waals surface area contributed by atoms with Crippen LogP contribution in [0.5, 0.6) is 0 Å². The molecule has 33 heavy (non-hydrogen) atoms. The SMILES string of the molecule is Cc1cc(C(=O)Nc2cnc(-n3nccn3)c(Cl)c2)ccc1-c1cccc2c(=O)[nH]ccc12. The van der Waals surface area contributed by atoms with Crippen LogP contribution in [0.4, 0.5) is 5.69 Å². The summed E-state index contributed by atoms with van der Waals surface area (Å²) in [6.45, 7) is 1.93. The van der Waals surface area contributed by atoms with E-state index < -0.39 is 0 Å². The second-order valence-electron chi connectivity index (χ2n) is 7.41. The van der Waals surface area contributed by atoms with Gasteiger partial charge < -0.3 is 10.3 Å². The predicted molar refractivity (Wildman–Crippen MR) is 127 cm³/mol. The number of halogens is 1. The quantitative estimate of drug-likeness (QED) is 0.417. The number of fused-ring (bicyclic) bond motifs is 1. The minimum atomic E-state index is -0.290. The molecule has 0 unspecified atom stereocenters. The van der Waals surface area contributed by atoms with Crippen LogP contribution in [0.25, 0.3) is 27.7 Å². The van der Waals surface area contributed by atoms with Crippen LogP contribution in [0, 0.1) is 6.92 Å². The second-order valence-corrected chi connectivity index (χ2v) is 7.81. The molecule has 162 valence electrons. The molecule has 0 spiro atoms. The van der Waals surface area contributed by atoms with Crippen molar-refractivity contribution >= 4 is 34.0 Å². The number of aromatic nitrogens is 5. The number of H-pyrrole nitrogens is 1. The van der Waals surface area contributed by atoms with E-state index in [9.17, 15) is 9.59 Å². The minimum absolute atomic E-state index is 0.135. The smallest absolute Gasteiger partial charge is 0.255 e. The molecular formula is C24H17ClN6O2. The van der Waals surface area contributed by atoms with Crippen LogP contribution >= 0.6 is 11.6 Å². The number of carbonyl (C=O) groups excluding carboxylic acids is 1. The number of anilines is 1. The molecule has 5 aromatic rings. The Balaban J connectivity index is 1.42. The highest BCUT2D eigenvalue weighted by atomic mass is 35.5. The molecule has 5 rings (SSSR count). The maximum absolute atomic E-state index is 12.8. The number of nitrogens with zero attached hydrogens (tertiary/aromatic N) is 4. The monoisotopic (exact) mass is 456 g/mol. The number of hydrogen-bond donors (Lipinski definition) is 2. The Morgan fingerprint density at radius 1 is 1.03 bits per heavy atom. The maximum atomic E-state index is 12.8. The summed E-state index contributed by atoms with van der Waals surface area (Å²) < 4.78 is 0. The lowest BCUT2D eigenvalue weighted by molar-refractivity contribution is 0.102. The first-order valence-electron chi connectivity index (χ1n) is 10.1. The van der Waals surface area contributed by atoms with Gasteiger partial charge in [-0.2, -0.15) is 10.2 Å². The molecule has 1 amide bonds. The summed E-state index contributed by atoms with van der Waals surface area (Å²) in [7, 11) is 0. The van der Waals surface area contributed by atoms with Gasteiger partial charge in [0.25, 0.3) is 11.5 Å². The molecule has 0 radical (unpaired) electrons. The van der Waals surface area contributed by atoms with E-state index in [1.165, 1.54) is 23.4 Å². The summed E-state index contributed by atoms with van der Waals surface area (Å²) in [5.41, 5.74) is 3.60. The van der Waals surface area contributed by atoms with Crippen molar-refractivity contribution in [3.63, 3.8) is 0 Å². The lowest BCUT2D eigenvalue weighted by Crippen LogP contribution is -2.13. The fourth-order valence-electron chi connectivity index (χ4n) is 3.74. The molecule has 0 bridgehead atoms. The minimum Gasteiger partial charge on any atom is -0.329 e. The van der Waals surface area contributed by atoms with Crippen molar-refractivity contribution in [1.29, 1.82) is 0 Å². The molecule has 2 N–H and O–H groups in total. The Hall–Kier alpha value is -4.30. The Morgan fingerprint density at radius 3 is 2.61 bits per heavy atom. The highest BCUT2D eigenvalue weighted by Gasteiger charge is 2.13. The van der Waals surface area contributed by atoms with Crippen molar-refractivity contribution in [1.82, 2.24) is 25.0 Å². The van der Waals surface area contributed by atoms with Crippen LogP contribution in [0.1, 0.15) is 15.9 Å². The number of aryl methyl sites for hydroxylation is 1. The standard InChI is InChI=1S/C24H17ClN6O2/c1-14-11-15(5-6-17(14)18-3-2-4-20-19(18)7-8-26-24(20)33)23(32)30-16-12-21(25)22(27-13-16)31-28-9-10-29-31/h2-13H,1H3,(H,26,33)(H,30,32). The first-order valence-corrected chi connectivity index (χ1v) is 10.4. The summed E-state index contributed by atoms with van der Waals surface area (Å²) >= 11 is 6.28. The Kier molecular flexibility index (Phi) is 5.20. The van der Waals surface area contributed by atoms with E-state index in [4.69, 9.17) is 11.6 Å². The van der Waals surface area contributed by atoms with Gasteiger partial charge in [-0.15, -0.1) is 4.80 Å². The normalized spacial score (nSPS) is 11.0. The van der Waals surface area contributed by atoms with Crippen molar-refractivity contribution in [2.75, 3.05) is 5.32 Å². The number of pyridine rings is 2. The molecule has 3 heterocycles. The molecule has 0 aliphatic heterocycles. The molecule has 2 aromatic carbocycles. The second kappa shape index (κ2) is 8.33. The molecule has 0 atom stereocenters. The lowest BCUT2D eigenvalue weighted by Gasteiger charge is -2.12. The third-order valence-corrected chi connectivity index (χ3v) is 5.56. The van der Waals surface area contributed by atoms with Gasteiger partial charge in [0.15, 0.2) is 5.82 Å². The van der Waals surface area contributed by atoms with E-state index in [-0.39, 0.29) is 11.5 Å². The topological polar surface area (TPSA) is 106 Å². The average Bonchev–Trinajstić information content (AvgIpc) is 3.34. The van der Waals surface area contributed by atoms with E-state index >= 15 is 0 Å². The van der Waals surface area contributed by atoms with Crippen molar-refractivity contribution in [3.8, 4) is 16.9 Å². The summed E-state index contributed by atoms with van der Waals surface area (Å²) in [5, 5.41) is 12.6. The van der Waals surface area contributed by atoms with Crippen LogP contribution in [0.2, 0.25) is 5.02 Å². The van der Waals surface area contributed by atoms with E-state index in [0.29, 0.717) is 27.5 Å². The third-order valence-electron chi connectivity index (χ3n) is 5.28. The zero-order chi connectivity index (χ0) is 22.9. The molecule has 0 aliphatic carbocycles. The van der Waals surface area contributed by atoms with Gasteiger partial charge in [-0.3, -0.25) is 9.59 Å². The molecule has 0 fully saturated rings. The molecular weight excluding hydrogens is 440 g/mol. The summed E-state index contributed by atoms with van der Waals surface area (Å²) in [6.07, 6.45) is 6.18. The molecule has 0 aliphatic rings. The molecule has 8 nitrogen and oxygen atoms in total. The van der Waals surface area contributed by atoms with E-state index in [1.54, 1.807) is 24.4 Å². The van der Waals surface area contributed by atoms with Crippen LogP contribution in [-0.2, 0) is 0 Å². The fourth-order valence-corrected chi connectivity index (χ4v) is 3.98. The van der Waals surface area contributed by atoms with Gasteiger partial charge in [-0.1, -0.05) is 29.8 Å². The largest absolute Gasteiger partial charge is 0.329 e. The van der Waals surface area contributed by atoms with E-state index in [0.717, 1.165) is 22.1 Å². The average molecular weight is 457 g/mol. The fraction of sp³-hybridized carbons (Fsp3) is 0.0417. The third kappa shape index (κ3) is 3.88. The van der Waals surface area contributed by atoms with Crippen molar-refractivity contribution in [2.24, 2.45) is 0 Å². The van der Waals surface area contributed by atoms with Gasteiger partial charge in [0.1, 0.15) is 0 Å². The van der Waals surface area contributed by atoms with Gasteiger partial charge in [-0.25, -0.2) is 4.98 Å². The number of rotatable bonds is 4. The predicted octanol–water partition coefficient (Wildman–Crippen LogP) is 4.38. The number of aromatic amines is 1. The van der Waals surface area contributed by atoms with Crippen LogP contribution in [0.15, 0.2) is 78.1 Å². The highest BCUT2D eigenvalue weighted by molar-refractivity contribution is 6.32. The number of hydrogen-bond acceptors (Lipinski definition) is 5. The molecule has 9 heteroatoms. The van der Waals surface area contributed by atoms with Gasteiger partial charge in [-0.05, 0) is 59.3 Å². The van der Waals surface area contributed by atoms with Crippen LogP contribution in [-0.4, -0.2) is 30.9 Å². The van der Waals surface area contributed by atoms with Crippen LogP contribution in [0.3, 0.4) is 0 Å². The van der Waals surface area contributed by atoms with Gasteiger partial charge in [0.2, 0.25) is 0 Å². The zero-order valence-corrected chi connectivity index (χ0v) is 18.2. The van der Waals surface area contributed by atoms with E-state index in [1.807, 2.05) is 37.3 Å². The van der Waals surface area contributed by atoms with Crippen LogP contribution < -0.4 is 10.9 Å². The van der Waals surface area contributed by atoms with Gasteiger partial charge in [0.05, 0.1) is 29.3 Å². The first-order chi connectivity index (χ1) is 16.0. The summed E-state index contributed by atoms with van der Waals surface area (Å²) in [6, 6.07) is 14.5. The Morgan fingerprint density at radius 2 is 1.85 bits per heavy atom. The zero-order valence-electron chi connectivity index (χ0n) is 17.4. The van der Waals surface area contributed by atoms with Gasteiger partial charge >= 0.3 is 0 Å². The maximum Gasteiger partial charge on any atom is 0.255 e. The Bertz CT molecular complexity index is 1560. The number of nitrogens with one attached hydrogen (secondary N) is 2. The van der Waals surface area contributed by atoms with Crippen molar-refractivity contribution in [2.45, 2.75) is 6.92 Å². The number of benzene rings is 2. The van der Waals surface area contributed by atoms with E-state index in [2.05, 4.69) is 25.5 Å². The Labute approximate surface area is 192 Å². The lowest BCUT2D eigenvalue weighted by atomic mass is 9.94. The number of amides is 1. The van der Waals surface area contributed by atoms with Gasteiger partial charge in [0, 0.05) is 17.1 Å².